The fraction of sp³-hybridized carbons (Fsp3) is 0.618. The first-order valence-electron chi connectivity index (χ1n) is 30.8. The van der Waals surface area contributed by atoms with E-state index in [0.29, 0.717) is 41.4 Å². The number of halogens is 2. The molecule has 3 aromatic carbocycles. The van der Waals surface area contributed by atoms with E-state index in [-0.39, 0.29) is 84.5 Å². The molecule has 0 amide bonds. The molecule has 10 nitrogen and oxygen atoms in total. The fourth-order valence-corrected chi connectivity index (χ4v) is 20.4. The first-order valence-corrected chi connectivity index (χ1v) is 32.4. The molecule has 3 saturated carbocycles. The number of para-hydroxylation sites is 1. The maximum absolute atomic E-state index is 10.9. The summed E-state index contributed by atoms with van der Waals surface area (Å²) in [6, 6.07) is 22.3. The maximum Gasteiger partial charge on any atom is 0.0778 e. The van der Waals surface area contributed by atoms with Crippen molar-refractivity contribution < 1.29 is 64.9 Å². The van der Waals surface area contributed by atoms with Crippen molar-refractivity contribution in [1.29, 1.82) is 0 Å². The second kappa shape index (κ2) is 22.7. The van der Waals surface area contributed by atoms with E-state index in [1.807, 2.05) is 0 Å². The molecule has 1 radical (unpaired) electrons. The van der Waals surface area contributed by atoms with Crippen LogP contribution in [-0.2, 0) is 57.0 Å². The number of allylic oxidation sites excluding steroid dienone is 1. The molecule has 15 atom stereocenters. The van der Waals surface area contributed by atoms with Crippen LogP contribution in [0.1, 0.15) is 134 Å². The van der Waals surface area contributed by atoms with Gasteiger partial charge in [0.1, 0.15) is 0 Å². The van der Waals surface area contributed by atoms with Crippen LogP contribution in [0.5, 0.6) is 0 Å². The third-order valence-corrected chi connectivity index (χ3v) is 25.0. The van der Waals surface area contributed by atoms with Crippen LogP contribution in [0.2, 0.25) is 0 Å². The van der Waals surface area contributed by atoms with Crippen LogP contribution in [0, 0.1) is 97.3 Å². The number of aromatic nitrogens is 3. The molecule has 0 spiro atoms. The molecule has 6 aromatic rings. The third kappa shape index (κ3) is 9.61. The summed E-state index contributed by atoms with van der Waals surface area (Å²) in [5, 5.41) is 36.0. The number of piperidine rings is 3. The van der Waals surface area contributed by atoms with Crippen molar-refractivity contribution in [3.05, 3.63) is 115 Å². The minimum Gasteiger partial charge on any atom is -0.412 e. The van der Waals surface area contributed by atoms with E-state index in [1.165, 1.54) is 117 Å². The van der Waals surface area contributed by atoms with Crippen molar-refractivity contribution in [3.8, 4) is 0 Å². The molecule has 81 heavy (non-hydrogen) atoms. The van der Waals surface area contributed by atoms with Gasteiger partial charge in [-0.15, -0.1) is 0 Å². The molecule has 3 aromatic heterocycles. The molecule has 0 bridgehead atoms. The van der Waals surface area contributed by atoms with Crippen molar-refractivity contribution in [2.75, 3.05) is 39.3 Å². The number of hydrogen-bond acceptors (Lipinski definition) is 6. The average molecular weight is 1440 g/mol. The smallest absolute Gasteiger partial charge is 0.0778 e. The van der Waals surface area contributed by atoms with Crippen LogP contribution in [0.3, 0.4) is 0 Å². The largest absolute Gasteiger partial charge is 0.412 e. The van der Waals surface area contributed by atoms with Gasteiger partial charge in [0.05, 0.1) is 34.9 Å². The van der Waals surface area contributed by atoms with E-state index >= 15 is 0 Å². The molecule has 6 aliphatic heterocycles. The molecule has 3 aliphatic carbocycles. The molecular formula is C68H92AcBr2N6O4. The van der Waals surface area contributed by atoms with Crippen LogP contribution in [0.15, 0.2) is 81.3 Å². The molecule has 3 saturated heterocycles. The summed E-state index contributed by atoms with van der Waals surface area (Å²) < 4.78 is 9.69. The van der Waals surface area contributed by atoms with Gasteiger partial charge >= 0.3 is 0 Å². The molecule has 6 fully saturated rings. The zero-order valence-corrected chi connectivity index (χ0v) is 58.1. The molecule has 435 valence electrons. The fourth-order valence-electron chi connectivity index (χ4n) is 19.7. The monoisotopic (exact) mass is 1440 g/mol. The predicted octanol–water partition coefficient (Wildman–Crippen LogP) is 12.3. The molecule has 9 heterocycles. The summed E-state index contributed by atoms with van der Waals surface area (Å²) in [6.07, 6.45) is 14.1. The minimum absolute atomic E-state index is 0. The number of nitrogens with zero attached hydrogens (tertiary/aromatic N) is 6. The number of benzene rings is 3. The Morgan fingerprint density at radius 3 is 1.33 bits per heavy atom. The van der Waals surface area contributed by atoms with Gasteiger partial charge in [-0.1, -0.05) is 76.9 Å². The molecular weight excluding hydrogens is 1350 g/mol. The van der Waals surface area contributed by atoms with Gasteiger partial charge in [-0.25, -0.2) is 0 Å². The zero-order valence-electron chi connectivity index (χ0n) is 50.2. The number of hydrogen-bond donors (Lipinski definition) is 3. The van der Waals surface area contributed by atoms with Crippen LogP contribution in [-0.4, -0.2) is 107 Å². The summed E-state index contributed by atoms with van der Waals surface area (Å²) in [5.74, 6) is 5.23. The van der Waals surface area contributed by atoms with Crippen molar-refractivity contribution in [1.82, 2.24) is 28.4 Å². The second-order valence-electron chi connectivity index (χ2n) is 27.7. The first kappa shape index (κ1) is 60.8. The van der Waals surface area contributed by atoms with Crippen molar-refractivity contribution in [3.63, 3.8) is 0 Å². The Hall–Kier alpha value is -1.86. The molecule has 9 aliphatic rings. The van der Waals surface area contributed by atoms with Crippen molar-refractivity contribution in [2.24, 2.45) is 74.4 Å². The van der Waals surface area contributed by atoms with Gasteiger partial charge in [-0.2, -0.15) is 0 Å². The summed E-state index contributed by atoms with van der Waals surface area (Å²) in [4.78, 5) is 8.27. The Labute approximate surface area is 535 Å². The van der Waals surface area contributed by atoms with Crippen LogP contribution >= 0.6 is 31.9 Å². The van der Waals surface area contributed by atoms with Gasteiger partial charge in [0.2, 0.25) is 0 Å². The average Bonchev–Trinajstić information content (AvgIpc) is 4.13. The zero-order chi connectivity index (χ0) is 55.4. The van der Waals surface area contributed by atoms with E-state index in [1.54, 1.807) is 11.1 Å². The Bertz CT molecular complexity index is 3390. The standard InChI is InChI=1S/C24H31BrN2O.C22H29BrN2O.C22H30N2O.Ac.H2O/c1-5-15-10-16-13-27-9-8-18-19-11-17(25)6-7-21(19)26(4)23(18)24(27,3)12-20(16)14(2)22(15)28;1-13-18-11-22(2)21-16(17-10-15(23)5-6-19(17)24(21)3)8-9-25(22)12-14(18)4-7-20(13)26;1-14-18-12-22(2)21-17(16-6-4-5-7-19(16)23(21)3)10-11-24(22)13-15(18)8-9-20(14)25;;/h5-7,11,14,16,20,22,28H,8-10,12-13H2,1-4H3;5-6,10,13-14,18,20,26H,4,7-9,11-12H2,1-3H3;4-7,14-15,18,20,25H,8-13H2,1-3H3;;1H2/b15-5+;;;;/t14-,16?,20?,22?,24+;13-,14?,18?,20?,22+;14-,15?,18?,20?,22+;;/m111../s1. The van der Waals surface area contributed by atoms with Gasteiger partial charge < -0.3 is 34.5 Å². The van der Waals surface area contributed by atoms with E-state index in [0.717, 1.165) is 74.5 Å². The Morgan fingerprint density at radius 2 is 0.901 bits per heavy atom. The van der Waals surface area contributed by atoms with Gasteiger partial charge in [0, 0.05) is 163 Å². The predicted molar refractivity (Wildman–Crippen MR) is 333 cm³/mol. The van der Waals surface area contributed by atoms with E-state index in [2.05, 4.69) is 197 Å². The second-order valence-corrected chi connectivity index (χ2v) is 29.5. The van der Waals surface area contributed by atoms with Crippen LogP contribution in [0.25, 0.3) is 32.7 Å². The summed E-state index contributed by atoms with van der Waals surface area (Å²) in [6.45, 7) is 23.3. The van der Waals surface area contributed by atoms with E-state index < -0.39 is 0 Å². The first-order chi connectivity index (χ1) is 37.7. The summed E-state index contributed by atoms with van der Waals surface area (Å²) in [7, 11) is 6.74. The number of rotatable bonds is 0. The Morgan fingerprint density at radius 1 is 0.519 bits per heavy atom. The molecule has 15 rings (SSSR count). The Kier molecular flexibility index (Phi) is 17.0. The van der Waals surface area contributed by atoms with Gasteiger partial charge in [-0.3, -0.25) is 14.7 Å². The normalized spacial score (nSPS) is 36.6. The van der Waals surface area contributed by atoms with Crippen LogP contribution in [0.4, 0.5) is 0 Å². The maximum atomic E-state index is 10.9. The van der Waals surface area contributed by atoms with E-state index in [9.17, 15) is 15.3 Å². The van der Waals surface area contributed by atoms with Crippen molar-refractivity contribution >= 4 is 64.6 Å². The molecule has 9 unspecified atom stereocenters. The molecule has 13 heteroatoms. The summed E-state index contributed by atoms with van der Waals surface area (Å²) >= 11 is 7.34. The number of aliphatic hydroxyl groups excluding tert-OH is 3. The number of fused-ring (bicyclic) bond motifs is 18. The van der Waals surface area contributed by atoms with Gasteiger partial charge in [0.25, 0.3) is 0 Å². The SMILES string of the molecule is C/C=C1\CC2CN3CCc4c(n(C)c5ccc(Br)cc45)[C@]3(C)CC2[C@@H](C)C1O.C[C@H]1C(O)CCC2CN3CCc4c(n(C)c5ccc(Br)cc45)[C@]3(C)CC21.C[C@H]1C(O)CCC2CN3CCc4c(n(C)c5ccccc45)[C@]3(C)CC21.O.[Ac]. The number of aliphatic hydroxyl groups is 3. The number of aryl methyl sites for hydroxylation is 3. The topological polar surface area (TPSA) is 117 Å². The summed E-state index contributed by atoms with van der Waals surface area (Å²) in [5.41, 5.74) is 14.8. The van der Waals surface area contributed by atoms with E-state index in [4.69, 9.17) is 0 Å². The van der Waals surface area contributed by atoms with Crippen molar-refractivity contribution in [2.45, 2.75) is 154 Å². The van der Waals surface area contributed by atoms with Gasteiger partial charge in [-0.05, 0) is 216 Å². The molecule has 5 N–H and O–H groups in total. The van der Waals surface area contributed by atoms with Crippen LogP contribution < -0.4 is 0 Å². The minimum atomic E-state index is -0.270. The van der Waals surface area contributed by atoms with Gasteiger partial charge in [0.15, 0.2) is 0 Å². The Balaban J connectivity index is 0.000000126. The quantitative estimate of drug-likeness (QED) is 0.130. The third-order valence-electron chi connectivity index (χ3n) is 24.0.